The molecule has 0 amide bonds. The van der Waals surface area contributed by atoms with E-state index in [0.717, 1.165) is 0 Å². The number of thiazole rings is 1. The van der Waals surface area contributed by atoms with Gasteiger partial charge in [0.05, 0.1) is 32.5 Å². The Kier molecular flexibility index (Phi) is 5.62. The second-order valence-electron chi connectivity index (χ2n) is 6.93. The third-order valence-corrected chi connectivity index (χ3v) is 5.63. The van der Waals surface area contributed by atoms with E-state index in [2.05, 4.69) is 20.3 Å². The number of aromatic nitrogens is 3. The molecule has 2 aromatic carbocycles. The Morgan fingerprint density at radius 3 is 2.55 bits per heavy atom. The summed E-state index contributed by atoms with van der Waals surface area (Å²) in [5.74, 6) is 0. The number of hydrogen-bond acceptors (Lipinski definition) is 9. The van der Waals surface area contributed by atoms with Gasteiger partial charge < -0.3 is 0 Å². The van der Waals surface area contributed by atoms with Crippen LogP contribution in [0.5, 0.6) is 0 Å². The molecule has 4 rings (SSSR count). The molecule has 33 heavy (non-hydrogen) atoms. The standard InChI is InChI=1S/C20H15N7O5S/c1-11-15(7-4-8-17(11)27(31)32)22-23-18-12(2)24-25(19(18)28)20-21-16(10-33-20)13-5-3-6-14(9-13)26(29)30/h3-10,24H,1-2H3. The SMILES string of the molecule is Cc1[nH]n(-c2nc(-c3cccc([N+](=O)[O-])c3)cs2)c(=O)c1N=Nc1cccc([N+](=O)[O-])c1C. The highest BCUT2D eigenvalue weighted by atomic mass is 32.1. The third kappa shape index (κ3) is 4.16. The second-order valence-corrected chi connectivity index (χ2v) is 7.76. The summed E-state index contributed by atoms with van der Waals surface area (Å²) in [5.41, 5.74) is 1.45. The van der Waals surface area contributed by atoms with Crippen LogP contribution in [0.25, 0.3) is 16.4 Å². The largest absolute Gasteiger partial charge is 0.301 e. The molecule has 2 heterocycles. The Morgan fingerprint density at radius 1 is 1.06 bits per heavy atom. The average molecular weight is 465 g/mol. The molecule has 0 aliphatic rings. The van der Waals surface area contributed by atoms with Crippen molar-refractivity contribution in [2.24, 2.45) is 10.2 Å². The topological polar surface area (TPSA) is 162 Å². The van der Waals surface area contributed by atoms with Crippen molar-refractivity contribution in [1.29, 1.82) is 0 Å². The van der Waals surface area contributed by atoms with E-state index in [1.54, 1.807) is 37.4 Å². The van der Waals surface area contributed by atoms with Crippen LogP contribution < -0.4 is 5.56 Å². The van der Waals surface area contributed by atoms with E-state index in [4.69, 9.17) is 0 Å². The van der Waals surface area contributed by atoms with Gasteiger partial charge in [-0.2, -0.15) is 4.68 Å². The van der Waals surface area contributed by atoms with Gasteiger partial charge in [0.2, 0.25) is 5.13 Å². The fourth-order valence-electron chi connectivity index (χ4n) is 3.09. The molecule has 2 aromatic heterocycles. The van der Waals surface area contributed by atoms with E-state index in [1.807, 2.05) is 0 Å². The molecule has 13 heteroatoms. The number of non-ortho nitro benzene ring substituents is 1. The maximum Gasteiger partial charge on any atom is 0.301 e. The molecule has 166 valence electrons. The van der Waals surface area contributed by atoms with E-state index >= 15 is 0 Å². The number of aryl methyl sites for hydroxylation is 1. The van der Waals surface area contributed by atoms with Crippen molar-refractivity contribution in [3.63, 3.8) is 0 Å². The van der Waals surface area contributed by atoms with Crippen LogP contribution in [0.2, 0.25) is 0 Å². The van der Waals surface area contributed by atoms with E-state index in [9.17, 15) is 25.0 Å². The van der Waals surface area contributed by atoms with Gasteiger partial charge in [-0.3, -0.25) is 30.1 Å². The molecular weight excluding hydrogens is 450 g/mol. The smallest absolute Gasteiger partial charge is 0.291 e. The maximum atomic E-state index is 12.9. The fourth-order valence-corrected chi connectivity index (χ4v) is 3.88. The maximum absolute atomic E-state index is 12.9. The Balaban J connectivity index is 1.67. The van der Waals surface area contributed by atoms with Crippen LogP contribution >= 0.6 is 11.3 Å². The van der Waals surface area contributed by atoms with Gasteiger partial charge in [-0.05, 0) is 19.9 Å². The summed E-state index contributed by atoms with van der Waals surface area (Å²) in [6, 6.07) is 10.5. The van der Waals surface area contributed by atoms with Crippen LogP contribution in [0.1, 0.15) is 11.3 Å². The minimum atomic E-state index is -0.510. The van der Waals surface area contributed by atoms with Crippen molar-refractivity contribution >= 4 is 34.1 Å². The van der Waals surface area contributed by atoms with Crippen LogP contribution in [-0.4, -0.2) is 24.6 Å². The third-order valence-electron chi connectivity index (χ3n) is 4.81. The molecular formula is C20H15N7O5S. The van der Waals surface area contributed by atoms with Gasteiger partial charge in [-0.15, -0.1) is 21.6 Å². The summed E-state index contributed by atoms with van der Waals surface area (Å²) in [5, 5.41) is 35.1. The number of aromatic amines is 1. The summed E-state index contributed by atoms with van der Waals surface area (Å²) in [4.78, 5) is 38.4. The Morgan fingerprint density at radius 2 is 1.82 bits per heavy atom. The first-order valence-electron chi connectivity index (χ1n) is 9.44. The minimum Gasteiger partial charge on any atom is -0.291 e. The first-order valence-corrected chi connectivity index (χ1v) is 10.3. The zero-order valence-corrected chi connectivity index (χ0v) is 18.1. The lowest BCUT2D eigenvalue weighted by atomic mass is 10.1. The predicted octanol–water partition coefficient (Wildman–Crippen LogP) is 5.14. The van der Waals surface area contributed by atoms with Gasteiger partial charge in [-0.1, -0.05) is 18.2 Å². The lowest BCUT2D eigenvalue weighted by Gasteiger charge is -1.99. The Bertz CT molecular complexity index is 1480. The molecule has 0 spiro atoms. The normalized spacial score (nSPS) is 11.2. The average Bonchev–Trinajstić information content (AvgIpc) is 3.38. The second kappa shape index (κ2) is 8.55. The van der Waals surface area contributed by atoms with E-state index in [0.29, 0.717) is 27.6 Å². The molecule has 0 aliphatic heterocycles. The number of benzene rings is 2. The van der Waals surface area contributed by atoms with Crippen molar-refractivity contribution in [2.75, 3.05) is 0 Å². The number of nitro benzene ring substituents is 2. The number of nitro groups is 2. The predicted molar refractivity (Wildman–Crippen MR) is 121 cm³/mol. The molecule has 0 unspecified atom stereocenters. The van der Waals surface area contributed by atoms with Gasteiger partial charge in [-0.25, -0.2) is 4.98 Å². The molecule has 0 saturated carbocycles. The summed E-state index contributed by atoms with van der Waals surface area (Å²) in [7, 11) is 0. The highest BCUT2D eigenvalue weighted by Crippen LogP contribution is 2.30. The Labute approximate surface area is 189 Å². The van der Waals surface area contributed by atoms with Gasteiger partial charge in [0.15, 0.2) is 5.69 Å². The molecule has 0 atom stereocenters. The van der Waals surface area contributed by atoms with Gasteiger partial charge in [0.25, 0.3) is 11.4 Å². The molecule has 4 aromatic rings. The van der Waals surface area contributed by atoms with Crippen LogP contribution in [0.15, 0.2) is 62.9 Å². The first kappa shape index (κ1) is 21.7. The highest BCUT2D eigenvalue weighted by molar-refractivity contribution is 7.12. The molecule has 1 N–H and O–H groups in total. The molecule has 0 saturated heterocycles. The van der Waals surface area contributed by atoms with E-state index in [1.165, 1.54) is 40.3 Å². The van der Waals surface area contributed by atoms with Gasteiger partial charge >= 0.3 is 5.56 Å². The van der Waals surface area contributed by atoms with Crippen molar-refractivity contribution in [3.05, 3.63) is 89.7 Å². The quantitative estimate of drug-likeness (QED) is 0.235. The summed E-state index contributed by atoms with van der Waals surface area (Å²) in [6.45, 7) is 3.20. The molecule has 12 nitrogen and oxygen atoms in total. The summed E-state index contributed by atoms with van der Waals surface area (Å²) < 4.78 is 1.20. The van der Waals surface area contributed by atoms with E-state index < -0.39 is 15.4 Å². The molecule has 0 radical (unpaired) electrons. The number of azo groups is 1. The number of rotatable bonds is 6. The zero-order chi connectivity index (χ0) is 23.7. The van der Waals surface area contributed by atoms with Crippen LogP contribution in [0.3, 0.4) is 0 Å². The summed E-state index contributed by atoms with van der Waals surface area (Å²) >= 11 is 1.17. The van der Waals surface area contributed by atoms with E-state index in [-0.39, 0.29) is 22.7 Å². The fraction of sp³-hybridized carbons (Fsp3) is 0.100. The summed E-state index contributed by atoms with van der Waals surface area (Å²) in [6.07, 6.45) is 0. The van der Waals surface area contributed by atoms with Crippen molar-refractivity contribution in [2.45, 2.75) is 13.8 Å². The highest BCUT2D eigenvalue weighted by Gasteiger charge is 2.17. The Hall–Kier alpha value is -4.52. The molecule has 0 fully saturated rings. The van der Waals surface area contributed by atoms with Crippen LogP contribution in [0, 0.1) is 34.1 Å². The minimum absolute atomic E-state index is 0.0352. The lowest BCUT2D eigenvalue weighted by molar-refractivity contribution is -0.385. The first-order chi connectivity index (χ1) is 15.8. The monoisotopic (exact) mass is 465 g/mol. The lowest BCUT2D eigenvalue weighted by Crippen LogP contribution is -2.13. The van der Waals surface area contributed by atoms with Crippen molar-refractivity contribution < 1.29 is 9.85 Å². The van der Waals surface area contributed by atoms with Gasteiger partial charge in [0, 0.05) is 29.1 Å². The van der Waals surface area contributed by atoms with Crippen LogP contribution in [0.4, 0.5) is 22.7 Å². The molecule has 0 bridgehead atoms. The zero-order valence-electron chi connectivity index (χ0n) is 17.3. The number of hydrogen-bond donors (Lipinski definition) is 1. The van der Waals surface area contributed by atoms with Crippen molar-refractivity contribution in [3.8, 4) is 16.4 Å². The van der Waals surface area contributed by atoms with Gasteiger partial charge in [0.1, 0.15) is 0 Å². The number of nitrogens with one attached hydrogen (secondary N) is 1. The molecule has 0 aliphatic carbocycles. The number of nitrogens with zero attached hydrogens (tertiary/aromatic N) is 6. The number of H-pyrrole nitrogens is 1. The van der Waals surface area contributed by atoms with Crippen LogP contribution in [-0.2, 0) is 0 Å². The van der Waals surface area contributed by atoms with Crippen molar-refractivity contribution in [1.82, 2.24) is 14.8 Å².